The molecule has 0 saturated heterocycles. The number of halogens is 1. The predicted octanol–water partition coefficient (Wildman–Crippen LogP) is 0.614. The number of aromatic nitrogens is 2. The first-order valence-corrected chi connectivity index (χ1v) is 4.93. The Morgan fingerprint density at radius 2 is 2.27 bits per heavy atom. The Morgan fingerprint density at radius 1 is 1.60 bits per heavy atom. The topological polar surface area (TPSA) is 72.1 Å². The molecule has 0 aliphatic carbocycles. The second kappa shape index (κ2) is 4.93. The highest BCUT2D eigenvalue weighted by atomic mass is 35.5. The lowest BCUT2D eigenvalue weighted by Crippen LogP contribution is -2.31. The molecular weight excluding hydrogens is 216 g/mol. The summed E-state index contributed by atoms with van der Waals surface area (Å²) in [5.41, 5.74) is 5.08. The quantitative estimate of drug-likeness (QED) is 0.767. The summed E-state index contributed by atoms with van der Waals surface area (Å²) in [6, 6.07) is 1.60. The second-order valence-corrected chi connectivity index (χ2v) is 3.53. The van der Waals surface area contributed by atoms with E-state index in [1.165, 1.54) is 0 Å². The van der Waals surface area contributed by atoms with Crippen LogP contribution in [0.1, 0.15) is 12.7 Å². The molecule has 0 bridgehead atoms. The first-order valence-electron chi connectivity index (χ1n) is 4.55. The lowest BCUT2D eigenvalue weighted by Gasteiger charge is -2.16. The van der Waals surface area contributed by atoms with Crippen molar-refractivity contribution in [2.75, 3.05) is 18.5 Å². The van der Waals surface area contributed by atoms with Gasteiger partial charge in [-0.2, -0.15) is 0 Å². The van der Waals surface area contributed by atoms with Crippen LogP contribution in [0.3, 0.4) is 0 Å². The minimum absolute atomic E-state index is 0.108. The van der Waals surface area contributed by atoms with Gasteiger partial charge < -0.3 is 10.6 Å². The Bertz CT molecular complexity index is 369. The van der Waals surface area contributed by atoms with E-state index in [0.717, 1.165) is 0 Å². The van der Waals surface area contributed by atoms with Crippen LogP contribution in [0.4, 0.5) is 5.82 Å². The zero-order valence-electron chi connectivity index (χ0n) is 8.70. The summed E-state index contributed by atoms with van der Waals surface area (Å²) in [7, 11) is 1.73. The van der Waals surface area contributed by atoms with Crippen LogP contribution in [0.2, 0.25) is 5.15 Å². The van der Waals surface area contributed by atoms with Gasteiger partial charge in [0.15, 0.2) is 0 Å². The molecule has 0 atom stereocenters. The number of rotatable bonds is 4. The maximum atomic E-state index is 10.7. The van der Waals surface area contributed by atoms with E-state index in [1.54, 1.807) is 18.0 Å². The number of carbonyl (C=O) groups is 1. The van der Waals surface area contributed by atoms with Crippen molar-refractivity contribution in [3.05, 3.63) is 17.0 Å². The van der Waals surface area contributed by atoms with Crippen molar-refractivity contribution in [3.63, 3.8) is 0 Å². The third kappa shape index (κ3) is 3.36. The Morgan fingerprint density at radius 3 is 2.80 bits per heavy atom. The fourth-order valence-corrected chi connectivity index (χ4v) is 1.32. The largest absolute Gasteiger partial charge is 0.368 e. The molecule has 15 heavy (non-hydrogen) atoms. The van der Waals surface area contributed by atoms with Crippen LogP contribution in [0.5, 0.6) is 0 Å². The molecule has 1 aromatic rings. The highest BCUT2D eigenvalue weighted by molar-refractivity contribution is 6.29. The third-order valence-electron chi connectivity index (χ3n) is 1.83. The highest BCUT2D eigenvalue weighted by Gasteiger charge is 2.08. The number of nitrogens with zero attached hydrogens (tertiary/aromatic N) is 3. The van der Waals surface area contributed by atoms with Crippen molar-refractivity contribution in [2.45, 2.75) is 13.3 Å². The van der Waals surface area contributed by atoms with Gasteiger partial charge in [0, 0.05) is 19.5 Å². The number of carbonyl (C=O) groups excluding carboxylic acids is 1. The molecule has 0 spiro atoms. The van der Waals surface area contributed by atoms with Gasteiger partial charge in [0.25, 0.3) is 0 Å². The molecule has 2 N–H and O–H groups in total. The van der Waals surface area contributed by atoms with E-state index in [2.05, 4.69) is 9.97 Å². The zero-order chi connectivity index (χ0) is 11.4. The first-order chi connectivity index (χ1) is 7.02. The number of amides is 1. The van der Waals surface area contributed by atoms with Gasteiger partial charge in [-0.25, -0.2) is 9.97 Å². The molecule has 82 valence electrons. The number of likely N-dealkylation sites (N-methyl/N-ethyl adjacent to an activating group) is 1. The Hall–Kier alpha value is -1.36. The number of nitrogens with two attached hydrogens (primary N) is 1. The summed E-state index contributed by atoms with van der Waals surface area (Å²) in [5, 5.41) is 0.369. The number of hydrogen-bond donors (Lipinski definition) is 1. The number of hydrogen-bond acceptors (Lipinski definition) is 4. The first kappa shape index (κ1) is 11.7. The van der Waals surface area contributed by atoms with Gasteiger partial charge in [0.05, 0.1) is 6.54 Å². The highest BCUT2D eigenvalue weighted by Crippen LogP contribution is 2.14. The Labute approximate surface area is 93.3 Å². The molecule has 0 fully saturated rings. The third-order valence-corrected chi connectivity index (χ3v) is 2.02. The second-order valence-electron chi connectivity index (χ2n) is 3.14. The van der Waals surface area contributed by atoms with Gasteiger partial charge in [-0.3, -0.25) is 4.79 Å². The monoisotopic (exact) mass is 228 g/mol. The summed E-state index contributed by atoms with van der Waals surface area (Å²) in [4.78, 5) is 20.6. The smallest absolute Gasteiger partial charge is 0.236 e. The summed E-state index contributed by atoms with van der Waals surface area (Å²) >= 11 is 5.82. The van der Waals surface area contributed by atoms with Crippen molar-refractivity contribution in [2.24, 2.45) is 5.73 Å². The van der Waals surface area contributed by atoms with Crippen LogP contribution >= 0.6 is 11.6 Å². The molecule has 0 saturated carbocycles. The summed E-state index contributed by atoms with van der Waals surface area (Å²) in [6.07, 6.45) is 0.692. The average Bonchev–Trinajstić information content (AvgIpc) is 2.15. The molecule has 0 radical (unpaired) electrons. The fourth-order valence-electron chi connectivity index (χ4n) is 1.12. The van der Waals surface area contributed by atoms with Crippen LogP contribution < -0.4 is 10.6 Å². The van der Waals surface area contributed by atoms with Crippen LogP contribution in [0.15, 0.2) is 6.07 Å². The molecule has 0 unspecified atom stereocenters. The van der Waals surface area contributed by atoms with E-state index in [-0.39, 0.29) is 6.54 Å². The summed E-state index contributed by atoms with van der Waals surface area (Å²) in [6.45, 7) is 2.04. The molecule has 0 aliphatic rings. The Kier molecular flexibility index (Phi) is 3.85. The standard InChI is InChI=1S/C9H13ClN4O/c1-3-8-12-6(10)4-9(13-8)14(2)5-7(11)15/h4H,3,5H2,1-2H3,(H2,11,15). The molecule has 1 heterocycles. The van der Waals surface area contributed by atoms with Gasteiger partial charge >= 0.3 is 0 Å². The summed E-state index contributed by atoms with van der Waals surface area (Å²) in [5.74, 6) is 0.838. The van der Waals surface area contributed by atoms with E-state index in [1.807, 2.05) is 6.92 Å². The van der Waals surface area contributed by atoms with Crippen molar-refractivity contribution >= 4 is 23.3 Å². The van der Waals surface area contributed by atoms with Gasteiger partial charge in [-0.1, -0.05) is 18.5 Å². The van der Waals surface area contributed by atoms with Gasteiger partial charge in [0.2, 0.25) is 5.91 Å². The van der Waals surface area contributed by atoms with Gasteiger partial charge in [0.1, 0.15) is 16.8 Å². The lowest BCUT2D eigenvalue weighted by atomic mass is 10.4. The van der Waals surface area contributed by atoms with E-state index in [4.69, 9.17) is 17.3 Å². The van der Waals surface area contributed by atoms with Crippen LogP contribution in [0, 0.1) is 0 Å². The minimum atomic E-state index is -0.412. The molecule has 6 heteroatoms. The molecule has 1 rings (SSSR count). The van der Waals surface area contributed by atoms with E-state index in [0.29, 0.717) is 23.2 Å². The number of anilines is 1. The normalized spacial score (nSPS) is 10.1. The van der Waals surface area contributed by atoms with Gasteiger partial charge in [-0.05, 0) is 0 Å². The van der Waals surface area contributed by atoms with Crippen LogP contribution in [0.25, 0.3) is 0 Å². The molecule has 0 aromatic carbocycles. The van der Waals surface area contributed by atoms with Crippen molar-refractivity contribution in [1.82, 2.24) is 9.97 Å². The minimum Gasteiger partial charge on any atom is -0.368 e. The molecular formula is C9H13ClN4O. The van der Waals surface area contributed by atoms with E-state index in [9.17, 15) is 4.79 Å². The van der Waals surface area contributed by atoms with Gasteiger partial charge in [-0.15, -0.1) is 0 Å². The van der Waals surface area contributed by atoms with Crippen LogP contribution in [-0.2, 0) is 11.2 Å². The number of aryl methyl sites for hydroxylation is 1. The van der Waals surface area contributed by atoms with Crippen molar-refractivity contribution in [3.8, 4) is 0 Å². The fraction of sp³-hybridized carbons (Fsp3) is 0.444. The number of primary amides is 1. The Balaban J connectivity index is 2.92. The SMILES string of the molecule is CCc1nc(Cl)cc(N(C)CC(N)=O)n1. The molecule has 0 aliphatic heterocycles. The molecule has 1 aromatic heterocycles. The van der Waals surface area contributed by atoms with Crippen molar-refractivity contribution < 1.29 is 4.79 Å². The molecule has 5 nitrogen and oxygen atoms in total. The summed E-state index contributed by atoms with van der Waals surface area (Å²) < 4.78 is 0. The van der Waals surface area contributed by atoms with E-state index >= 15 is 0 Å². The lowest BCUT2D eigenvalue weighted by molar-refractivity contribution is -0.116. The average molecular weight is 229 g/mol. The maximum absolute atomic E-state index is 10.7. The molecule has 1 amide bonds. The maximum Gasteiger partial charge on any atom is 0.236 e. The van der Waals surface area contributed by atoms with Crippen LogP contribution in [-0.4, -0.2) is 29.5 Å². The van der Waals surface area contributed by atoms with Crippen molar-refractivity contribution in [1.29, 1.82) is 0 Å². The van der Waals surface area contributed by atoms with E-state index < -0.39 is 5.91 Å². The predicted molar refractivity (Wildman–Crippen MR) is 58.9 cm³/mol. The zero-order valence-corrected chi connectivity index (χ0v) is 9.45.